The molecule has 5 heteroatoms. The van der Waals surface area contributed by atoms with E-state index in [4.69, 9.17) is 21.1 Å². The van der Waals surface area contributed by atoms with E-state index in [2.05, 4.69) is 0 Å². The molecule has 2 rings (SSSR count). The quantitative estimate of drug-likeness (QED) is 0.937. The first-order chi connectivity index (χ1) is 9.56. The van der Waals surface area contributed by atoms with Gasteiger partial charge in [-0.25, -0.2) is 4.39 Å². The van der Waals surface area contributed by atoms with Gasteiger partial charge in [-0.05, 0) is 29.8 Å². The lowest BCUT2D eigenvalue weighted by Crippen LogP contribution is -2.02. The molecule has 1 atom stereocenters. The fourth-order valence-corrected chi connectivity index (χ4v) is 2.16. The van der Waals surface area contributed by atoms with Crippen LogP contribution in [0.4, 0.5) is 4.39 Å². The summed E-state index contributed by atoms with van der Waals surface area (Å²) in [5, 5.41) is 10.6. The molecule has 0 saturated heterocycles. The minimum Gasteiger partial charge on any atom is -0.497 e. The van der Waals surface area contributed by atoms with Crippen molar-refractivity contribution in [1.29, 1.82) is 0 Å². The van der Waals surface area contributed by atoms with Crippen molar-refractivity contribution >= 4 is 11.6 Å². The lowest BCUT2D eigenvalue weighted by Gasteiger charge is -2.15. The van der Waals surface area contributed by atoms with Gasteiger partial charge in [-0.3, -0.25) is 0 Å². The predicted octanol–water partition coefficient (Wildman–Crippen LogP) is 3.58. The molecule has 0 aromatic heterocycles. The summed E-state index contributed by atoms with van der Waals surface area (Å²) in [6.07, 6.45) is -1.02. The third kappa shape index (κ3) is 2.86. The Labute approximate surface area is 121 Å². The van der Waals surface area contributed by atoms with E-state index < -0.39 is 11.9 Å². The van der Waals surface area contributed by atoms with Crippen LogP contribution in [0.3, 0.4) is 0 Å². The maximum atomic E-state index is 13.7. The first-order valence-electron chi connectivity index (χ1n) is 5.91. The molecule has 0 fully saturated rings. The third-order valence-corrected chi connectivity index (χ3v) is 3.32. The highest BCUT2D eigenvalue weighted by Crippen LogP contribution is 2.32. The van der Waals surface area contributed by atoms with Crippen molar-refractivity contribution in [2.24, 2.45) is 0 Å². The number of ether oxygens (including phenoxy) is 2. The van der Waals surface area contributed by atoms with Crippen LogP contribution in [0.15, 0.2) is 36.4 Å². The van der Waals surface area contributed by atoms with Gasteiger partial charge in [0.1, 0.15) is 11.9 Å². The summed E-state index contributed by atoms with van der Waals surface area (Å²) in [5.41, 5.74) is 0.882. The van der Waals surface area contributed by atoms with E-state index >= 15 is 0 Å². The third-order valence-electron chi connectivity index (χ3n) is 2.99. The van der Waals surface area contributed by atoms with Gasteiger partial charge in [0.25, 0.3) is 0 Å². The van der Waals surface area contributed by atoms with E-state index in [1.54, 1.807) is 24.3 Å². The molecule has 106 valence electrons. The molecule has 2 aromatic rings. The van der Waals surface area contributed by atoms with Crippen molar-refractivity contribution in [3.05, 3.63) is 58.4 Å². The summed E-state index contributed by atoms with van der Waals surface area (Å²) in [4.78, 5) is 0. The summed E-state index contributed by atoms with van der Waals surface area (Å²) in [7, 11) is 2.91. The van der Waals surface area contributed by atoms with Gasteiger partial charge in [-0.2, -0.15) is 0 Å². The normalized spacial score (nSPS) is 12.1. The number of halogens is 2. The highest BCUT2D eigenvalue weighted by Gasteiger charge is 2.16. The summed E-state index contributed by atoms with van der Waals surface area (Å²) in [6, 6.07) is 9.21. The Bertz CT molecular complexity index is 616. The van der Waals surface area contributed by atoms with Gasteiger partial charge in [0, 0.05) is 5.56 Å². The van der Waals surface area contributed by atoms with Gasteiger partial charge in [0.2, 0.25) is 0 Å². The summed E-state index contributed by atoms with van der Waals surface area (Å²) in [5.74, 6) is 0.183. The number of aliphatic hydroxyl groups excluding tert-OH is 1. The first-order valence-corrected chi connectivity index (χ1v) is 6.29. The van der Waals surface area contributed by atoms with E-state index in [1.807, 2.05) is 0 Å². The Morgan fingerprint density at radius 3 is 2.40 bits per heavy atom. The predicted molar refractivity (Wildman–Crippen MR) is 75.0 cm³/mol. The van der Waals surface area contributed by atoms with Gasteiger partial charge in [0.05, 0.1) is 19.2 Å². The number of benzene rings is 2. The molecule has 0 aliphatic heterocycles. The highest BCUT2D eigenvalue weighted by molar-refractivity contribution is 6.31. The minimum absolute atomic E-state index is 0.127. The fraction of sp³-hybridized carbons (Fsp3) is 0.200. The molecule has 1 N–H and O–H groups in total. The highest BCUT2D eigenvalue weighted by atomic mass is 35.5. The summed E-state index contributed by atoms with van der Waals surface area (Å²) in [6.45, 7) is 0. The lowest BCUT2D eigenvalue weighted by atomic mass is 10.0. The second kappa shape index (κ2) is 6.11. The maximum absolute atomic E-state index is 13.7. The Kier molecular flexibility index (Phi) is 4.47. The van der Waals surface area contributed by atoms with Crippen LogP contribution in [-0.4, -0.2) is 19.3 Å². The van der Waals surface area contributed by atoms with Crippen molar-refractivity contribution < 1.29 is 19.0 Å². The SMILES string of the molecule is COc1ccc(C(O)c2ccc(OC)c(F)c2)c(Cl)c1. The van der Waals surface area contributed by atoms with Crippen LogP contribution in [0.2, 0.25) is 5.02 Å². The van der Waals surface area contributed by atoms with Crippen LogP contribution in [-0.2, 0) is 0 Å². The molecule has 0 saturated carbocycles. The Balaban J connectivity index is 2.35. The Hall–Kier alpha value is -1.78. The molecule has 0 bridgehead atoms. The van der Waals surface area contributed by atoms with Crippen LogP contribution < -0.4 is 9.47 Å². The standard InChI is InChI=1S/C15H14ClFO3/c1-19-10-4-5-11(12(16)8-10)15(18)9-3-6-14(20-2)13(17)7-9/h3-8,15,18H,1-2H3. The maximum Gasteiger partial charge on any atom is 0.165 e. The molecule has 20 heavy (non-hydrogen) atoms. The Morgan fingerprint density at radius 2 is 1.85 bits per heavy atom. The summed E-state index contributed by atoms with van der Waals surface area (Å²) >= 11 is 6.09. The molecule has 0 amide bonds. The van der Waals surface area contributed by atoms with Crippen molar-refractivity contribution in [3.8, 4) is 11.5 Å². The number of rotatable bonds is 4. The molecule has 2 aromatic carbocycles. The summed E-state index contributed by atoms with van der Waals surface area (Å²) < 4.78 is 23.5. The number of aliphatic hydroxyl groups is 1. The number of hydrogen-bond acceptors (Lipinski definition) is 3. The monoisotopic (exact) mass is 296 g/mol. The smallest absolute Gasteiger partial charge is 0.165 e. The Morgan fingerprint density at radius 1 is 1.10 bits per heavy atom. The van der Waals surface area contributed by atoms with Crippen molar-refractivity contribution in [1.82, 2.24) is 0 Å². The number of hydrogen-bond donors (Lipinski definition) is 1. The van der Waals surface area contributed by atoms with Crippen LogP contribution >= 0.6 is 11.6 Å². The van der Waals surface area contributed by atoms with E-state index in [-0.39, 0.29) is 5.75 Å². The van der Waals surface area contributed by atoms with E-state index in [9.17, 15) is 9.50 Å². The topological polar surface area (TPSA) is 38.7 Å². The van der Waals surface area contributed by atoms with Gasteiger partial charge < -0.3 is 14.6 Å². The molecular formula is C15H14ClFO3. The zero-order chi connectivity index (χ0) is 14.7. The molecule has 0 spiro atoms. The molecule has 1 unspecified atom stereocenters. The van der Waals surface area contributed by atoms with E-state index in [0.29, 0.717) is 21.9 Å². The van der Waals surface area contributed by atoms with Gasteiger partial charge >= 0.3 is 0 Å². The van der Waals surface area contributed by atoms with Crippen LogP contribution in [0.1, 0.15) is 17.2 Å². The van der Waals surface area contributed by atoms with Crippen LogP contribution in [0, 0.1) is 5.82 Å². The van der Waals surface area contributed by atoms with Crippen molar-refractivity contribution in [3.63, 3.8) is 0 Å². The fourth-order valence-electron chi connectivity index (χ4n) is 1.89. The minimum atomic E-state index is -1.02. The lowest BCUT2D eigenvalue weighted by molar-refractivity contribution is 0.219. The second-order valence-electron chi connectivity index (χ2n) is 4.18. The largest absolute Gasteiger partial charge is 0.497 e. The van der Waals surface area contributed by atoms with Crippen LogP contribution in [0.5, 0.6) is 11.5 Å². The molecule has 0 aliphatic carbocycles. The zero-order valence-corrected chi connectivity index (χ0v) is 11.8. The molecule has 0 radical (unpaired) electrons. The van der Waals surface area contributed by atoms with Crippen molar-refractivity contribution in [2.75, 3.05) is 14.2 Å². The first kappa shape index (κ1) is 14.6. The van der Waals surface area contributed by atoms with Gasteiger partial charge in [-0.1, -0.05) is 23.7 Å². The second-order valence-corrected chi connectivity index (χ2v) is 4.59. The zero-order valence-electron chi connectivity index (χ0n) is 11.1. The number of methoxy groups -OCH3 is 2. The van der Waals surface area contributed by atoms with Crippen LogP contribution in [0.25, 0.3) is 0 Å². The average Bonchev–Trinajstić information content (AvgIpc) is 2.46. The molecule has 0 aliphatic rings. The molecule has 0 heterocycles. The molecular weight excluding hydrogens is 283 g/mol. The molecule has 3 nitrogen and oxygen atoms in total. The van der Waals surface area contributed by atoms with E-state index in [1.165, 1.54) is 26.4 Å². The average molecular weight is 297 g/mol. The van der Waals surface area contributed by atoms with Gasteiger partial charge in [0.15, 0.2) is 11.6 Å². The van der Waals surface area contributed by atoms with Crippen molar-refractivity contribution in [2.45, 2.75) is 6.10 Å². The van der Waals surface area contributed by atoms with Gasteiger partial charge in [-0.15, -0.1) is 0 Å². The van der Waals surface area contributed by atoms with E-state index in [0.717, 1.165) is 0 Å².